The molecular weight excluding hydrogens is 268 g/mol. The number of epoxide rings is 1. The molecule has 21 heavy (non-hydrogen) atoms. The van der Waals surface area contributed by atoms with E-state index in [1.54, 1.807) is 0 Å². The maximum absolute atomic E-state index is 11.2. The van der Waals surface area contributed by atoms with Crippen LogP contribution in [-0.2, 0) is 14.3 Å². The summed E-state index contributed by atoms with van der Waals surface area (Å²) in [4.78, 5) is 11.2. The first kappa shape index (κ1) is 18.4. The molecule has 124 valence electrons. The summed E-state index contributed by atoms with van der Waals surface area (Å²) in [6, 6.07) is 0. The average Bonchev–Trinajstić information content (AvgIpc) is 3.23. The van der Waals surface area contributed by atoms with Gasteiger partial charge >= 0.3 is 5.97 Å². The van der Waals surface area contributed by atoms with Crippen LogP contribution in [0.4, 0.5) is 0 Å². The van der Waals surface area contributed by atoms with Crippen LogP contribution < -0.4 is 0 Å². The van der Waals surface area contributed by atoms with Crippen molar-refractivity contribution in [1.82, 2.24) is 0 Å². The molecule has 0 aliphatic carbocycles. The molecule has 1 N–H and O–H groups in total. The van der Waals surface area contributed by atoms with Gasteiger partial charge in [0.05, 0.1) is 18.8 Å². The van der Waals surface area contributed by atoms with Gasteiger partial charge in [-0.15, -0.1) is 0 Å². The molecule has 1 aliphatic heterocycles. The number of unbranched alkanes of at least 4 members (excludes halogenated alkanes) is 6. The van der Waals surface area contributed by atoms with Crippen LogP contribution in [0.3, 0.4) is 0 Å². The summed E-state index contributed by atoms with van der Waals surface area (Å²) in [5.74, 6) is -0.204. The fraction of sp³-hybridized carbons (Fsp3) is 0.941. The lowest BCUT2D eigenvalue weighted by Gasteiger charge is -2.02. The van der Waals surface area contributed by atoms with E-state index in [2.05, 4.69) is 6.92 Å². The molecule has 2 unspecified atom stereocenters. The molecule has 0 saturated carbocycles. The Labute approximate surface area is 129 Å². The van der Waals surface area contributed by atoms with Crippen molar-refractivity contribution in [3.8, 4) is 0 Å². The number of esters is 1. The number of aliphatic hydroxyl groups excluding tert-OH is 1. The lowest BCUT2D eigenvalue weighted by atomic mass is 10.0. The second kappa shape index (κ2) is 12.0. The standard InChI is InChI=1S/C17H32O4/c1-2-3-4-5-6-7-10-15-16(21-15)11-8-9-12-17(19)20-14-13-18/h15-16,18H,2-14H2,1H3. The summed E-state index contributed by atoms with van der Waals surface area (Å²) < 4.78 is 10.5. The molecule has 1 rings (SSSR count). The smallest absolute Gasteiger partial charge is 0.305 e. The van der Waals surface area contributed by atoms with Crippen molar-refractivity contribution in [3.05, 3.63) is 0 Å². The highest BCUT2D eigenvalue weighted by atomic mass is 16.6. The number of carbonyl (C=O) groups is 1. The zero-order valence-electron chi connectivity index (χ0n) is 13.5. The highest BCUT2D eigenvalue weighted by molar-refractivity contribution is 5.69. The van der Waals surface area contributed by atoms with E-state index in [9.17, 15) is 4.79 Å². The number of hydrogen-bond acceptors (Lipinski definition) is 4. The van der Waals surface area contributed by atoms with Crippen LogP contribution in [0.25, 0.3) is 0 Å². The quantitative estimate of drug-likeness (QED) is 0.302. The first-order chi connectivity index (χ1) is 10.3. The van der Waals surface area contributed by atoms with E-state index in [0.29, 0.717) is 18.6 Å². The van der Waals surface area contributed by atoms with E-state index in [0.717, 1.165) is 19.3 Å². The third kappa shape index (κ3) is 9.86. The fourth-order valence-corrected chi connectivity index (χ4v) is 2.66. The van der Waals surface area contributed by atoms with Crippen LogP contribution in [0.15, 0.2) is 0 Å². The van der Waals surface area contributed by atoms with Gasteiger partial charge in [-0.25, -0.2) is 0 Å². The molecule has 4 nitrogen and oxygen atoms in total. The van der Waals surface area contributed by atoms with Crippen molar-refractivity contribution < 1.29 is 19.4 Å². The molecule has 1 aliphatic rings. The minimum atomic E-state index is -0.204. The Morgan fingerprint density at radius 3 is 2.29 bits per heavy atom. The Morgan fingerprint density at radius 1 is 1.00 bits per heavy atom. The van der Waals surface area contributed by atoms with E-state index in [4.69, 9.17) is 14.6 Å². The molecule has 4 heteroatoms. The second-order valence-electron chi connectivity index (χ2n) is 5.96. The summed E-state index contributed by atoms with van der Waals surface area (Å²) in [5.41, 5.74) is 0. The molecule has 1 heterocycles. The van der Waals surface area contributed by atoms with Crippen molar-refractivity contribution in [2.45, 2.75) is 89.8 Å². The van der Waals surface area contributed by atoms with Gasteiger partial charge in [-0.05, 0) is 19.3 Å². The van der Waals surface area contributed by atoms with Gasteiger partial charge in [-0.3, -0.25) is 4.79 Å². The van der Waals surface area contributed by atoms with Crippen LogP contribution in [0.2, 0.25) is 0 Å². The highest BCUT2D eigenvalue weighted by Gasteiger charge is 2.36. The molecule has 0 amide bonds. The maximum Gasteiger partial charge on any atom is 0.305 e. The molecule has 0 aromatic heterocycles. The van der Waals surface area contributed by atoms with Gasteiger partial charge in [0.25, 0.3) is 0 Å². The SMILES string of the molecule is CCCCCCCCC1OC1CCCCC(=O)OCCO. The van der Waals surface area contributed by atoms with Gasteiger partial charge in [0.2, 0.25) is 0 Å². The largest absolute Gasteiger partial charge is 0.463 e. The van der Waals surface area contributed by atoms with Gasteiger partial charge in [0.1, 0.15) is 6.61 Å². The van der Waals surface area contributed by atoms with Crippen molar-refractivity contribution in [2.24, 2.45) is 0 Å². The normalized spacial score (nSPS) is 20.5. The topological polar surface area (TPSA) is 59.1 Å². The Morgan fingerprint density at radius 2 is 1.62 bits per heavy atom. The van der Waals surface area contributed by atoms with E-state index in [1.165, 1.54) is 44.9 Å². The Balaban J connectivity index is 1.83. The van der Waals surface area contributed by atoms with Gasteiger partial charge in [-0.2, -0.15) is 0 Å². The third-order valence-corrected chi connectivity index (χ3v) is 4.00. The monoisotopic (exact) mass is 300 g/mol. The van der Waals surface area contributed by atoms with Gasteiger partial charge in [0, 0.05) is 6.42 Å². The average molecular weight is 300 g/mol. The predicted octanol–water partition coefficient (Wildman–Crippen LogP) is 3.60. The van der Waals surface area contributed by atoms with Crippen LogP contribution in [0, 0.1) is 0 Å². The zero-order valence-corrected chi connectivity index (χ0v) is 13.5. The lowest BCUT2D eigenvalue weighted by Crippen LogP contribution is -2.08. The van der Waals surface area contributed by atoms with Crippen molar-refractivity contribution in [2.75, 3.05) is 13.2 Å². The fourth-order valence-electron chi connectivity index (χ4n) is 2.66. The predicted molar refractivity (Wildman–Crippen MR) is 83.2 cm³/mol. The first-order valence-corrected chi connectivity index (χ1v) is 8.70. The molecule has 0 radical (unpaired) electrons. The van der Waals surface area contributed by atoms with Gasteiger partial charge in [-0.1, -0.05) is 51.9 Å². The van der Waals surface area contributed by atoms with Crippen molar-refractivity contribution in [1.29, 1.82) is 0 Å². The number of aliphatic hydroxyl groups is 1. The number of carbonyl (C=O) groups excluding carboxylic acids is 1. The van der Waals surface area contributed by atoms with Crippen molar-refractivity contribution >= 4 is 5.97 Å². The number of rotatable bonds is 14. The number of ether oxygens (including phenoxy) is 2. The summed E-state index contributed by atoms with van der Waals surface area (Å²) in [6.07, 6.45) is 13.6. The summed E-state index contributed by atoms with van der Waals surface area (Å²) in [5, 5.41) is 8.53. The van der Waals surface area contributed by atoms with E-state index in [1.807, 2.05) is 0 Å². The van der Waals surface area contributed by atoms with E-state index < -0.39 is 0 Å². The molecule has 1 saturated heterocycles. The molecular formula is C17H32O4. The van der Waals surface area contributed by atoms with Crippen LogP contribution >= 0.6 is 0 Å². The summed E-state index contributed by atoms with van der Waals surface area (Å²) in [7, 11) is 0. The lowest BCUT2D eigenvalue weighted by molar-refractivity contribution is -0.144. The van der Waals surface area contributed by atoms with Gasteiger partial charge in [0.15, 0.2) is 0 Å². The maximum atomic E-state index is 11.2. The molecule has 1 fully saturated rings. The second-order valence-corrected chi connectivity index (χ2v) is 5.96. The van der Waals surface area contributed by atoms with Crippen LogP contribution in [0.5, 0.6) is 0 Å². The third-order valence-electron chi connectivity index (χ3n) is 4.00. The van der Waals surface area contributed by atoms with E-state index >= 15 is 0 Å². The Bertz CT molecular complexity index is 268. The molecule has 0 aromatic rings. The summed E-state index contributed by atoms with van der Waals surface area (Å²) >= 11 is 0. The highest BCUT2D eigenvalue weighted by Crippen LogP contribution is 2.31. The number of hydrogen-bond donors (Lipinski definition) is 1. The Hall–Kier alpha value is -0.610. The van der Waals surface area contributed by atoms with E-state index in [-0.39, 0.29) is 19.2 Å². The van der Waals surface area contributed by atoms with Gasteiger partial charge < -0.3 is 14.6 Å². The molecule has 0 bridgehead atoms. The zero-order chi connectivity index (χ0) is 15.3. The first-order valence-electron chi connectivity index (χ1n) is 8.70. The van der Waals surface area contributed by atoms with Crippen LogP contribution in [-0.4, -0.2) is 36.5 Å². The molecule has 0 aromatic carbocycles. The molecule has 2 atom stereocenters. The minimum absolute atomic E-state index is 0.0955. The minimum Gasteiger partial charge on any atom is -0.463 e. The van der Waals surface area contributed by atoms with Crippen molar-refractivity contribution in [3.63, 3.8) is 0 Å². The molecule has 0 spiro atoms. The summed E-state index contributed by atoms with van der Waals surface area (Å²) in [6.45, 7) is 2.27. The Kier molecular flexibility index (Phi) is 10.5. The van der Waals surface area contributed by atoms with Crippen LogP contribution in [0.1, 0.15) is 77.6 Å².